The number of ether oxygens (including phenoxy) is 1. The van der Waals surface area contributed by atoms with Crippen molar-refractivity contribution < 1.29 is 19.7 Å². The summed E-state index contributed by atoms with van der Waals surface area (Å²) >= 11 is 0. The molecule has 0 fully saturated rings. The molecule has 6 nitrogen and oxygen atoms in total. The van der Waals surface area contributed by atoms with Gasteiger partial charge in [0.2, 0.25) is 0 Å². The maximum Gasteiger partial charge on any atom is 0.407 e. The maximum absolute atomic E-state index is 11.9. The first-order valence-electron chi connectivity index (χ1n) is 7.32. The monoisotopic (exact) mass is 310 g/mol. The number of carbonyl (C=O) groups excluding carboxylic acids is 1. The number of aliphatic hydroxyl groups excluding tert-OH is 1. The topological polar surface area (TPSA) is 105 Å². The number of benzene rings is 1. The maximum atomic E-state index is 11.9. The molecule has 0 aliphatic heterocycles. The fraction of sp³-hybridized carbons (Fsp3) is 0.562. The number of hydrogen-bond donors (Lipinski definition) is 4. The number of nitrogens with one attached hydrogen (secondary N) is 1. The van der Waals surface area contributed by atoms with E-state index in [1.165, 1.54) is 6.07 Å². The fourth-order valence-electron chi connectivity index (χ4n) is 2.20. The predicted molar refractivity (Wildman–Crippen MR) is 84.6 cm³/mol. The number of phenolic OH excluding ortho intramolecular Hbond substituents is 1. The molecule has 6 heteroatoms. The lowest BCUT2D eigenvalue weighted by Gasteiger charge is -2.27. The Morgan fingerprint density at radius 3 is 2.55 bits per heavy atom. The number of amides is 1. The van der Waals surface area contributed by atoms with E-state index in [1.54, 1.807) is 39.8 Å². The molecule has 1 aromatic carbocycles. The van der Waals surface area contributed by atoms with Crippen LogP contribution in [0.5, 0.6) is 5.75 Å². The van der Waals surface area contributed by atoms with Crippen LogP contribution in [0, 0.1) is 6.92 Å². The molecule has 124 valence electrons. The molecule has 22 heavy (non-hydrogen) atoms. The average Bonchev–Trinajstić information content (AvgIpc) is 2.35. The molecule has 0 heterocycles. The third kappa shape index (κ3) is 5.20. The van der Waals surface area contributed by atoms with Gasteiger partial charge in [-0.1, -0.05) is 12.1 Å². The summed E-state index contributed by atoms with van der Waals surface area (Å²) in [6, 6.07) is 4.33. The van der Waals surface area contributed by atoms with Crippen LogP contribution < -0.4 is 11.1 Å². The third-order valence-electron chi connectivity index (χ3n) is 3.16. The van der Waals surface area contributed by atoms with Crippen LogP contribution in [0.3, 0.4) is 0 Å². The van der Waals surface area contributed by atoms with Crippen molar-refractivity contribution in [2.45, 2.75) is 51.9 Å². The highest BCUT2D eigenvalue weighted by Gasteiger charge is 2.27. The first-order valence-corrected chi connectivity index (χ1v) is 7.32. The Kier molecular flexibility index (Phi) is 6.20. The highest BCUT2D eigenvalue weighted by molar-refractivity contribution is 5.68. The molecule has 0 spiro atoms. The van der Waals surface area contributed by atoms with Gasteiger partial charge in [0.05, 0.1) is 6.04 Å². The molecular weight excluding hydrogens is 284 g/mol. The first-order chi connectivity index (χ1) is 10.2. The molecule has 0 aliphatic carbocycles. The zero-order valence-corrected chi connectivity index (χ0v) is 13.6. The van der Waals surface area contributed by atoms with Crippen LogP contribution in [0.1, 0.15) is 44.4 Å². The molecule has 1 amide bonds. The van der Waals surface area contributed by atoms with Crippen LogP contribution >= 0.6 is 0 Å². The van der Waals surface area contributed by atoms with Crippen molar-refractivity contribution in [3.63, 3.8) is 0 Å². The first kappa shape index (κ1) is 18.3. The van der Waals surface area contributed by atoms with Crippen LogP contribution in [0.2, 0.25) is 0 Å². The van der Waals surface area contributed by atoms with Crippen molar-refractivity contribution in [3.8, 4) is 5.75 Å². The second-order valence-corrected chi connectivity index (χ2v) is 6.28. The molecule has 1 aromatic rings. The smallest absolute Gasteiger partial charge is 0.407 e. The lowest BCUT2D eigenvalue weighted by molar-refractivity contribution is 0.0412. The molecule has 0 aliphatic rings. The van der Waals surface area contributed by atoms with E-state index in [9.17, 15) is 15.0 Å². The summed E-state index contributed by atoms with van der Waals surface area (Å²) in [7, 11) is 0. The van der Waals surface area contributed by atoms with Crippen molar-refractivity contribution in [1.29, 1.82) is 0 Å². The van der Waals surface area contributed by atoms with Crippen LogP contribution in [-0.4, -0.2) is 34.5 Å². The lowest BCUT2D eigenvalue weighted by atomic mass is 9.95. The Morgan fingerprint density at radius 2 is 2.05 bits per heavy atom. The largest absolute Gasteiger partial charge is 0.508 e. The van der Waals surface area contributed by atoms with Gasteiger partial charge in [0.1, 0.15) is 17.5 Å². The lowest BCUT2D eigenvalue weighted by Crippen LogP contribution is -2.43. The SMILES string of the molecule is Cc1cccc(O)c1C(O)C(CCN)NC(=O)OC(C)(C)C. The summed E-state index contributed by atoms with van der Waals surface area (Å²) in [5, 5.41) is 23.1. The molecule has 0 saturated heterocycles. The van der Waals surface area contributed by atoms with Crippen molar-refractivity contribution in [1.82, 2.24) is 5.32 Å². The quantitative estimate of drug-likeness (QED) is 0.665. The van der Waals surface area contributed by atoms with Gasteiger partial charge in [-0.2, -0.15) is 0 Å². The highest BCUT2D eigenvalue weighted by Crippen LogP contribution is 2.30. The van der Waals surface area contributed by atoms with E-state index >= 15 is 0 Å². The number of alkyl carbamates (subject to hydrolysis) is 1. The third-order valence-corrected chi connectivity index (χ3v) is 3.16. The van der Waals surface area contributed by atoms with E-state index in [-0.39, 0.29) is 12.3 Å². The van der Waals surface area contributed by atoms with Crippen molar-refractivity contribution in [3.05, 3.63) is 29.3 Å². The average molecular weight is 310 g/mol. The van der Waals surface area contributed by atoms with Gasteiger partial charge in [0, 0.05) is 5.56 Å². The zero-order valence-electron chi connectivity index (χ0n) is 13.6. The Hall–Kier alpha value is -1.79. The summed E-state index contributed by atoms with van der Waals surface area (Å²) in [6.45, 7) is 7.34. The van der Waals surface area contributed by atoms with E-state index in [4.69, 9.17) is 10.5 Å². The van der Waals surface area contributed by atoms with Gasteiger partial charge in [-0.25, -0.2) is 4.79 Å². The molecule has 0 saturated carbocycles. The van der Waals surface area contributed by atoms with E-state index < -0.39 is 23.8 Å². The highest BCUT2D eigenvalue weighted by atomic mass is 16.6. The van der Waals surface area contributed by atoms with Gasteiger partial charge in [0.15, 0.2) is 0 Å². The van der Waals surface area contributed by atoms with Crippen LogP contribution in [0.25, 0.3) is 0 Å². The van der Waals surface area contributed by atoms with Crippen molar-refractivity contribution >= 4 is 6.09 Å². The van der Waals surface area contributed by atoms with Gasteiger partial charge >= 0.3 is 6.09 Å². The Balaban J connectivity index is 2.93. The molecule has 5 N–H and O–H groups in total. The minimum Gasteiger partial charge on any atom is -0.508 e. The van der Waals surface area contributed by atoms with Gasteiger partial charge in [-0.3, -0.25) is 0 Å². The minimum absolute atomic E-state index is 0.0134. The predicted octanol–water partition coefficient (Wildman–Crippen LogP) is 1.98. The number of carbonyl (C=O) groups is 1. The molecule has 0 aromatic heterocycles. The fourth-order valence-corrected chi connectivity index (χ4v) is 2.20. The standard InChI is InChI=1S/C16H26N2O4/c1-10-6-5-7-12(19)13(10)14(20)11(8-9-17)18-15(21)22-16(2,3)4/h5-7,11,14,19-20H,8-9,17H2,1-4H3,(H,18,21). The summed E-state index contributed by atoms with van der Waals surface area (Å²) in [6.07, 6.45) is -1.34. The minimum atomic E-state index is -1.07. The van der Waals surface area contributed by atoms with E-state index in [0.717, 1.165) is 5.56 Å². The van der Waals surface area contributed by atoms with Gasteiger partial charge in [0.25, 0.3) is 0 Å². The zero-order chi connectivity index (χ0) is 16.9. The molecule has 0 bridgehead atoms. The van der Waals surface area contributed by atoms with E-state index in [1.807, 2.05) is 0 Å². The number of aliphatic hydroxyl groups is 1. The second-order valence-electron chi connectivity index (χ2n) is 6.28. The van der Waals surface area contributed by atoms with E-state index in [0.29, 0.717) is 12.0 Å². The van der Waals surface area contributed by atoms with Crippen molar-refractivity contribution in [2.75, 3.05) is 6.54 Å². The normalized spacial score (nSPS) is 14.3. The number of rotatable bonds is 5. The molecule has 0 radical (unpaired) electrons. The van der Waals surface area contributed by atoms with Gasteiger partial charge in [-0.15, -0.1) is 0 Å². The molecule has 2 unspecified atom stereocenters. The van der Waals surface area contributed by atoms with Gasteiger partial charge in [-0.05, 0) is 52.3 Å². The summed E-state index contributed by atoms with van der Waals surface area (Å²) in [4.78, 5) is 11.9. The Bertz CT molecular complexity index is 491. The number of hydrogen-bond acceptors (Lipinski definition) is 5. The Morgan fingerprint density at radius 1 is 1.41 bits per heavy atom. The molecular formula is C16H26N2O4. The van der Waals surface area contributed by atoms with Crippen molar-refractivity contribution in [2.24, 2.45) is 5.73 Å². The van der Waals surface area contributed by atoms with Crippen LogP contribution in [0.15, 0.2) is 18.2 Å². The number of phenols is 1. The number of aromatic hydroxyl groups is 1. The van der Waals surface area contributed by atoms with Crippen LogP contribution in [-0.2, 0) is 4.74 Å². The number of nitrogens with two attached hydrogens (primary N) is 1. The summed E-state index contributed by atoms with van der Waals surface area (Å²) in [5.74, 6) is -0.0134. The molecule has 2 atom stereocenters. The van der Waals surface area contributed by atoms with Gasteiger partial charge < -0.3 is 26.0 Å². The second kappa shape index (κ2) is 7.47. The van der Waals surface area contributed by atoms with E-state index in [2.05, 4.69) is 5.32 Å². The summed E-state index contributed by atoms with van der Waals surface area (Å²) in [5.41, 5.74) is 6.05. The van der Waals surface area contributed by atoms with Crippen LogP contribution in [0.4, 0.5) is 4.79 Å². The Labute approximate surface area is 131 Å². The summed E-state index contributed by atoms with van der Waals surface area (Å²) < 4.78 is 5.20. The molecule has 1 rings (SSSR count). The number of aryl methyl sites for hydroxylation is 1.